The van der Waals surface area contributed by atoms with Crippen LogP contribution in [0.3, 0.4) is 0 Å². The minimum atomic E-state index is -0.402. The molecule has 7 heteroatoms. The van der Waals surface area contributed by atoms with Gasteiger partial charge < -0.3 is 14.8 Å². The van der Waals surface area contributed by atoms with Crippen molar-refractivity contribution in [2.24, 2.45) is 0 Å². The first-order valence-electron chi connectivity index (χ1n) is 8.11. The molecule has 6 nitrogen and oxygen atoms in total. The number of nitro benzene ring substituents is 1. The van der Waals surface area contributed by atoms with Gasteiger partial charge in [0.25, 0.3) is 5.69 Å². The molecule has 0 heterocycles. The minimum Gasteiger partial charge on any atom is -0.490 e. The van der Waals surface area contributed by atoms with Crippen molar-refractivity contribution in [2.75, 3.05) is 18.5 Å². The maximum Gasteiger partial charge on any atom is 0.271 e. The van der Waals surface area contributed by atoms with E-state index in [1.807, 2.05) is 19.1 Å². The molecule has 134 valence electrons. The Morgan fingerprint density at radius 1 is 1.20 bits per heavy atom. The average molecular weight is 456 g/mol. The van der Waals surface area contributed by atoms with Crippen molar-refractivity contribution in [1.82, 2.24) is 0 Å². The summed E-state index contributed by atoms with van der Waals surface area (Å²) in [7, 11) is 0. The number of anilines is 1. The Morgan fingerprint density at radius 3 is 2.68 bits per heavy atom. The van der Waals surface area contributed by atoms with E-state index in [0.717, 1.165) is 27.1 Å². The van der Waals surface area contributed by atoms with E-state index in [4.69, 9.17) is 9.47 Å². The molecule has 0 saturated carbocycles. The number of nitrogens with one attached hydrogen (secondary N) is 1. The van der Waals surface area contributed by atoms with Gasteiger partial charge in [0, 0.05) is 24.4 Å². The van der Waals surface area contributed by atoms with Crippen LogP contribution in [0.5, 0.6) is 11.5 Å². The van der Waals surface area contributed by atoms with Crippen molar-refractivity contribution >= 4 is 34.0 Å². The molecule has 0 spiro atoms. The van der Waals surface area contributed by atoms with E-state index in [1.165, 1.54) is 12.1 Å². The lowest BCUT2D eigenvalue weighted by Crippen LogP contribution is -2.05. The standard InChI is InChI=1S/C18H21IN2O4/c1-3-8-25-18-16(19)9-13(10-17(18)24-4-2)12-20-14-6-5-7-15(11-14)21(22)23/h5-7,9-11,20H,3-4,8,12H2,1-2H3. The fourth-order valence-corrected chi connectivity index (χ4v) is 3.09. The quantitative estimate of drug-likeness (QED) is 0.327. The van der Waals surface area contributed by atoms with Crippen molar-refractivity contribution < 1.29 is 14.4 Å². The van der Waals surface area contributed by atoms with Crippen LogP contribution in [0.2, 0.25) is 0 Å². The average Bonchev–Trinajstić information content (AvgIpc) is 2.60. The van der Waals surface area contributed by atoms with E-state index >= 15 is 0 Å². The molecule has 0 aromatic heterocycles. The van der Waals surface area contributed by atoms with Crippen LogP contribution < -0.4 is 14.8 Å². The van der Waals surface area contributed by atoms with Crippen LogP contribution in [0.15, 0.2) is 36.4 Å². The third-order valence-electron chi connectivity index (χ3n) is 3.37. The second-order valence-corrected chi connectivity index (χ2v) is 6.51. The molecule has 0 bridgehead atoms. The van der Waals surface area contributed by atoms with Crippen LogP contribution in [0.4, 0.5) is 11.4 Å². The zero-order valence-electron chi connectivity index (χ0n) is 14.3. The van der Waals surface area contributed by atoms with Gasteiger partial charge in [0.1, 0.15) is 0 Å². The van der Waals surface area contributed by atoms with Crippen LogP contribution in [0.25, 0.3) is 0 Å². The molecule has 2 aromatic carbocycles. The Kier molecular flexibility index (Phi) is 7.30. The number of halogens is 1. The highest BCUT2D eigenvalue weighted by Crippen LogP contribution is 2.34. The van der Waals surface area contributed by atoms with Gasteiger partial charge >= 0.3 is 0 Å². The number of nitrogens with zero attached hydrogens (tertiary/aromatic N) is 1. The maximum atomic E-state index is 10.9. The predicted molar refractivity (Wildman–Crippen MR) is 107 cm³/mol. The van der Waals surface area contributed by atoms with E-state index in [-0.39, 0.29) is 5.69 Å². The molecule has 0 amide bonds. The van der Waals surface area contributed by atoms with Gasteiger partial charge in [0.15, 0.2) is 11.5 Å². The Labute approximate surface area is 160 Å². The number of benzene rings is 2. The maximum absolute atomic E-state index is 10.9. The third kappa shape index (κ3) is 5.48. The van der Waals surface area contributed by atoms with Gasteiger partial charge in [0.05, 0.1) is 21.7 Å². The molecule has 0 unspecified atom stereocenters. The van der Waals surface area contributed by atoms with E-state index in [9.17, 15) is 10.1 Å². The minimum absolute atomic E-state index is 0.0675. The van der Waals surface area contributed by atoms with Crippen molar-refractivity contribution in [3.8, 4) is 11.5 Å². The smallest absolute Gasteiger partial charge is 0.271 e. The van der Waals surface area contributed by atoms with Crippen molar-refractivity contribution in [3.63, 3.8) is 0 Å². The Hall–Kier alpha value is -2.03. The van der Waals surface area contributed by atoms with Crippen LogP contribution in [0, 0.1) is 13.7 Å². The summed E-state index contributed by atoms with van der Waals surface area (Å²) < 4.78 is 12.5. The summed E-state index contributed by atoms with van der Waals surface area (Å²) >= 11 is 2.24. The van der Waals surface area contributed by atoms with Crippen LogP contribution in [0.1, 0.15) is 25.8 Å². The largest absolute Gasteiger partial charge is 0.490 e. The summed E-state index contributed by atoms with van der Waals surface area (Å²) in [5.41, 5.74) is 1.79. The van der Waals surface area contributed by atoms with Crippen molar-refractivity contribution in [3.05, 3.63) is 55.6 Å². The topological polar surface area (TPSA) is 73.6 Å². The summed E-state index contributed by atoms with van der Waals surface area (Å²) in [5, 5.41) is 14.1. The van der Waals surface area contributed by atoms with Gasteiger partial charge in [0.2, 0.25) is 0 Å². The molecule has 0 aliphatic rings. The molecule has 25 heavy (non-hydrogen) atoms. The molecular formula is C18H21IN2O4. The van der Waals surface area contributed by atoms with E-state index < -0.39 is 4.92 Å². The van der Waals surface area contributed by atoms with Crippen LogP contribution in [-0.2, 0) is 6.54 Å². The van der Waals surface area contributed by atoms with Gasteiger partial charge in [-0.25, -0.2) is 0 Å². The molecule has 0 fully saturated rings. The van der Waals surface area contributed by atoms with Crippen LogP contribution in [-0.4, -0.2) is 18.1 Å². The fraction of sp³-hybridized carbons (Fsp3) is 0.333. The van der Waals surface area contributed by atoms with Crippen molar-refractivity contribution in [2.45, 2.75) is 26.8 Å². The van der Waals surface area contributed by atoms with E-state index in [1.54, 1.807) is 12.1 Å². The van der Waals surface area contributed by atoms with Gasteiger partial charge in [-0.2, -0.15) is 0 Å². The van der Waals surface area contributed by atoms with E-state index in [2.05, 4.69) is 34.8 Å². The Balaban J connectivity index is 2.16. The first-order chi connectivity index (χ1) is 12.0. The number of hydrogen-bond acceptors (Lipinski definition) is 5. The molecular weight excluding hydrogens is 435 g/mol. The normalized spacial score (nSPS) is 10.4. The van der Waals surface area contributed by atoms with Gasteiger partial charge in [-0.1, -0.05) is 13.0 Å². The molecule has 2 rings (SSSR count). The van der Waals surface area contributed by atoms with Gasteiger partial charge in [-0.3, -0.25) is 10.1 Å². The van der Waals surface area contributed by atoms with Crippen LogP contribution >= 0.6 is 22.6 Å². The molecule has 2 aromatic rings. The Morgan fingerprint density at radius 2 is 2.00 bits per heavy atom. The molecule has 0 aliphatic carbocycles. The van der Waals surface area contributed by atoms with Crippen molar-refractivity contribution in [1.29, 1.82) is 0 Å². The number of non-ortho nitro benzene ring substituents is 1. The summed E-state index contributed by atoms with van der Waals surface area (Å²) in [4.78, 5) is 10.5. The molecule has 0 atom stereocenters. The number of hydrogen-bond donors (Lipinski definition) is 1. The molecule has 0 saturated heterocycles. The second-order valence-electron chi connectivity index (χ2n) is 5.35. The molecule has 0 aliphatic heterocycles. The molecule has 1 N–H and O–H groups in total. The zero-order valence-corrected chi connectivity index (χ0v) is 16.4. The first kappa shape index (κ1) is 19.3. The predicted octanol–water partition coefficient (Wildman–Crippen LogP) is 5.00. The SMILES string of the molecule is CCCOc1c(I)cc(CNc2cccc([N+](=O)[O-])c2)cc1OCC. The lowest BCUT2D eigenvalue weighted by Gasteiger charge is -2.15. The molecule has 0 radical (unpaired) electrons. The first-order valence-corrected chi connectivity index (χ1v) is 9.19. The van der Waals surface area contributed by atoms with Gasteiger partial charge in [-0.15, -0.1) is 0 Å². The monoisotopic (exact) mass is 456 g/mol. The van der Waals surface area contributed by atoms with E-state index in [0.29, 0.717) is 25.4 Å². The second kappa shape index (κ2) is 9.45. The number of rotatable bonds is 9. The highest BCUT2D eigenvalue weighted by Gasteiger charge is 2.12. The van der Waals surface area contributed by atoms with Gasteiger partial charge in [-0.05, 0) is 59.7 Å². The lowest BCUT2D eigenvalue weighted by molar-refractivity contribution is -0.384. The summed E-state index contributed by atoms with van der Waals surface area (Å²) in [6.45, 7) is 5.72. The highest BCUT2D eigenvalue weighted by molar-refractivity contribution is 14.1. The zero-order chi connectivity index (χ0) is 18.2. The lowest BCUT2D eigenvalue weighted by atomic mass is 10.2. The highest BCUT2D eigenvalue weighted by atomic mass is 127. The number of nitro groups is 1. The Bertz CT molecular complexity index is 737. The summed E-state index contributed by atoms with van der Waals surface area (Å²) in [6.07, 6.45) is 0.928. The summed E-state index contributed by atoms with van der Waals surface area (Å²) in [5.74, 6) is 1.49. The summed E-state index contributed by atoms with van der Waals surface area (Å²) in [6, 6.07) is 10.4. The third-order valence-corrected chi connectivity index (χ3v) is 4.17. The number of ether oxygens (including phenoxy) is 2. The fourth-order valence-electron chi connectivity index (χ4n) is 2.26.